The molecule has 43 heavy (non-hydrogen) atoms. The Morgan fingerprint density at radius 2 is 1.91 bits per heavy atom. The number of amides is 1. The summed E-state index contributed by atoms with van der Waals surface area (Å²) >= 11 is 1.41. The highest BCUT2D eigenvalue weighted by molar-refractivity contribution is 7.90. The molecule has 0 aliphatic heterocycles. The summed E-state index contributed by atoms with van der Waals surface area (Å²) in [6, 6.07) is 9.99. The lowest BCUT2D eigenvalue weighted by Crippen LogP contribution is -2.42. The van der Waals surface area contributed by atoms with Crippen LogP contribution in [0.15, 0.2) is 66.6 Å². The molecule has 2 atom stereocenters. The Morgan fingerprint density at radius 1 is 1.14 bits per heavy atom. The number of hydrogen-bond acceptors (Lipinski definition) is 8. The van der Waals surface area contributed by atoms with Crippen molar-refractivity contribution in [2.24, 2.45) is 7.05 Å². The number of benzene rings is 2. The summed E-state index contributed by atoms with van der Waals surface area (Å²) in [6.45, 7) is 0.351. The number of rotatable bonds is 15. The van der Waals surface area contributed by atoms with Crippen LogP contribution in [0.3, 0.4) is 0 Å². The second kappa shape index (κ2) is 14.5. The zero-order chi connectivity index (χ0) is 31.0. The van der Waals surface area contributed by atoms with Gasteiger partial charge in [0.15, 0.2) is 0 Å². The normalized spacial score (nSPS) is 13.0. The third-order valence-corrected chi connectivity index (χ3v) is 8.69. The van der Waals surface area contributed by atoms with Gasteiger partial charge in [0.25, 0.3) is 5.91 Å². The van der Waals surface area contributed by atoms with Crippen LogP contribution in [-0.2, 0) is 45.7 Å². The topological polar surface area (TPSA) is 140 Å². The fourth-order valence-corrected chi connectivity index (χ4v) is 5.90. The minimum Gasteiger partial charge on any atom is -0.480 e. The quantitative estimate of drug-likeness (QED) is 0.203. The van der Waals surface area contributed by atoms with Crippen LogP contribution in [0.5, 0.6) is 0 Å². The number of aliphatic carboxylic acids is 1. The van der Waals surface area contributed by atoms with Crippen LogP contribution in [-0.4, -0.2) is 64.6 Å². The van der Waals surface area contributed by atoms with Gasteiger partial charge in [0.2, 0.25) is 0 Å². The maximum absolute atomic E-state index is 13.6. The average molecular weight is 629 g/mol. The standard InChI is InChI=1S/C30H33FN4O6S2/c1-35-19-32-18-24(35)11-14-41-27(29-33-13-15-42-29)22-8-7-21(6-3-20-4-9-23(31)10-5-20)25(17-22)28(36)34-26(30(37)38)12-16-43(2,39)40/h4-5,7-10,13,15,17-19,26-27H,3,6,11-12,14,16H2,1-2H3,(H,34,36)(H,37,38)/t26-,27?/m0/s1. The fourth-order valence-electron chi connectivity index (χ4n) is 4.52. The van der Waals surface area contributed by atoms with Gasteiger partial charge < -0.3 is 19.7 Å². The SMILES string of the molecule is Cn1cncc1CCOC(c1ccc(CCc2ccc(F)cc2)c(C(=O)N[C@@H](CCS(C)(=O)=O)C(=O)O)c1)c1nccs1. The molecule has 2 heterocycles. The van der Waals surface area contributed by atoms with E-state index in [0.29, 0.717) is 42.0 Å². The van der Waals surface area contributed by atoms with Crippen LogP contribution in [0.4, 0.5) is 4.39 Å². The second-order valence-electron chi connectivity index (χ2n) is 10.2. The van der Waals surface area contributed by atoms with Crippen molar-refractivity contribution in [3.05, 3.63) is 105 Å². The van der Waals surface area contributed by atoms with Gasteiger partial charge in [-0.2, -0.15) is 0 Å². The first-order valence-electron chi connectivity index (χ1n) is 13.5. The number of carboxylic acid groups (broad SMARTS) is 1. The number of halogens is 1. The minimum atomic E-state index is -3.44. The van der Waals surface area contributed by atoms with Crippen LogP contribution in [0, 0.1) is 5.82 Å². The Kier molecular flexibility index (Phi) is 10.8. The molecular weight excluding hydrogens is 595 g/mol. The van der Waals surface area contributed by atoms with Crippen LogP contribution in [0.25, 0.3) is 0 Å². The summed E-state index contributed by atoms with van der Waals surface area (Å²) in [5.74, 6) is -2.72. The van der Waals surface area contributed by atoms with Gasteiger partial charge in [0.05, 0.1) is 18.7 Å². The molecule has 10 nitrogen and oxygen atoms in total. The highest BCUT2D eigenvalue weighted by Gasteiger charge is 2.26. The highest BCUT2D eigenvalue weighted by atomic mass is 32.2. The summed E-state index contributed by atoms with van der Waals surface area (Å²) in [5.41, 5.74) is 3.39. The first-order valence-corrected chi connectivity index (χ1v) is 16.5. The zero-order valence-corrected chi connectivity index (χ0v) is 25.4. The molecule has 0 aliphatic rings. The molecule has 0 spiro atoms. The van der Waals surface area contributed by atoms with Crippen molar-refractivity contribution >= 4 is 33.1 Å². The molecule has 0 radical (unpaired) electrons. The molecular formula is C30H33FN4O6S2. The van der Waals surface area contributed by atoms with Gasteiger partial charge >= 0.3 is 5.97 Å². The van der Waals surface area contributed by atoms with E-state index in [1.54, 1.807) is 43.0 Å². The minimum absolute atomic E-state index is 0.238. The van der Waals surface area contributed by atoms with Gasteiger partial charge in [-0.25, -0.2) is 27.6 Å². The molecule has 1 unspecified atom stereocenters. The van der Waals surface area contributed by atoms with E-state index in [2.05, 4.69) is 15.3 Å². The van der Waals surface area contributed by atoms with Crippen molar-refractivity contribution in [1.82, 2.24) is 19.9 Å². The van der Waals surface area contributed by atoms with E-state index in [-0.39, 0.29) is 17.8 Å². The lowest BCUT2D eigenvalue weighted by atomic mass is 9.95. The third-order valence-electron chi connectivity index (χ3n) is 6.89. The van der Waals surface area contributed by atoms with Gasteiger partial charge in [-0.1, -0.05) is 24.3 Å². The number of nitrogens with one attached hydrogen (secondary N) is 1. The van der Waals surface area contributed by atoms with E-state index < -0.39 is 39.6 Å². The summed E-state index contributed by atoms with van der Waals surface area (Å²) in [6.07, 6.45) is 6.81. The van der Waals surface area contributed by atoms with Crippen molar-refractivity contribution in [2.75, 3.05) is 18.6 Å². The van der Waals surface area contributed by atoms with E-state index in [1.807, 2.05) is 23.1 Å². The van der Waals surface area contributed by atoms with E-state index >= 15 is 0 Å². The van der Waals surface area contributed by atoms with Crippen LogP contribution in [0.2, 0.25) is 0 Å². The lowest BCUT2D eigenvalue weighted by molar-refractivity contribution is -0.139. The van der Waals surface area contributed by atoms with Crippen molar-refractivity contribution in [3.8, 4) is 0 Å². The number of carbonyl (C=O) groups excluding carboxylic acids is 1. The summed E-state index contributed by atoms with van der Waals surface area (Å²) in [4.78, 5) is 34.1. The number of imidazole rings is 1. The zero-order valence-electron chi connectivity index (χ0n) is 23.8. The Bertz CT molecular complexity index is 1640. The molecule has 4 aromatic rings. The molecule has 0 saturated heterocycles. The Balaban J connectivity index is 1.63. The largest absolute Gasteiger partial charge is 0.480 e. The number of aryl methyl sites for hydroxylation is 3. The Labute approximate surface area is 253 Å². The van der Waals surface area contributed by atoms with E-state index in [1.165, 1.54) is 23.5 Å². The van der Waals surface area contributed by atoms with Gasteiger partial charge in [-0.3, -0.25) is 4.79 Å². The first-order chi connectivity index (χ1) is 20.5. The maximum atomic E-state index is 13.6. The molecule has 2 aromatic heterocycles. The van der Waals surface area contributed by atoms with Crippen LogP contribution >= 0.6 is 11.3 Å². The number of hydrogen-bond donors (Lipinski definition) is 2. The molecule has 2 N–H and O–H groups in total. The smallest absolute Gasteiger partial charge is 0.326 e. The van der Waals surface area contributed by atoms with E-state index in [4.69, 9.17) is 4.74 Å². The predicted molar refractivity (Wildman–Crippen MR) is 160 cm³/mol. The number of nitrogens with zero attached hydrogens (tertiary/aromatic N) is 3. The van der Waals surface area contributed by atoms with Gasteiger partial charge in [0.1, 0.15) is 32.8 Å². The highest BCUT2D eigenvalue weighted by Crippen LogP contribution is 2.30. The number of sulfone groups is 1. The molecule has 2 aromatic carbocycles. The van der Waals surface area contributed by atoms with Gasteiger partial charge in [-0.05, 0) is 54.2 Å². The Hall–Kier alpha value is -3.94. The summed E-state index contributed by atoms with van der Waals surface area (Å²) in [5, 5.41) is 14.7. The number of ether oxygens (including phenoxy) is 1. The summed E-state index contributed by atoms with van der Waals surface area (Å²) < 4.78 is 44.9. The van der Waals surface area contributed by atoms with Crippen molar-refractivity contribution in [3.63, 3.8) is 0 Å². The average Bonchev–Trinajstić information content (AvgIpc) is 3.64. The number of thiazole rings is 1. The monoisotopic (exact) mass is 628 g/mol. The number of carboxylic acids is 1. The molecule has 4 rings (SSSR count). The number of aromatic nitrogens is 3. The molecule has 1 amide bonds. The summed E-state index contributed by atoms with van der Waals surface area (Å²) in [7, 11) is -1.54. The van der Waals surface area contributed by atoms with Crippen molar-refractivity contribution < 1.29 is 32.2 Å². The molecule has 0 saturated carbocycles. The molecule has 0 fully saturated rings. The fraction of sp³-hybridized carbons (Fsp3) is 0.333. The molecule has 13 heteroatoms. The van der Waals surface area contributed by atoms with E-state index in [0.717, 1.165) is 17.5 Å². The van der Waals surface area contributed by atoms with Gasteiger partial charge in [-0.15, -0.1) is 11.3 Å². The van der Waals surface area contributed by atoms with Crippen LogP contribution < -0.4 is 5.32 Å². The third kappa shape index (κ3) is 9.27. The van der Waals surface area contributed by atoms with Crippen molar-refractivity contribution in [2.45, 2.75) is 37.8 Å². The molecule has 228 valence electrons. The number of carbonyl (C=O) groups is 2. The van der Waals surface area contributed by atoms with Crippen molar-refractivity contribution in [1.29, 1.82) is 0 Å². The Morgan fingerprint density at radius 3 is 2.53 bits per heavy atom. The van der Waals surface area contributed by atoms with E-state index in [9.17, 15) is 27.5 Å². The van der Waals surface area contributed by atoms with Gasteiger partial charge in [0, 0.05) is 48.8 Å². The molecule has 0 bridgehead atoms. The predicted octanol–water partition coefficient (Wildman–Crippen LogP) is 3.77. The molecule has 0 aliphatic carbocycles. The second-order valence-corrected chi connectivity index (χ2v) is 13.4. The maximum Gasteiger partial charge on any atom is 0.326 e. The van der Waals surface area contributed by atoms with Crippen LogP contribution in [0.1, 0.15) is 50.3 Å². The lowest BCUT2D eigenvalue weighted by Gasteiger charge is -2.20. The first kappa shape index (κ1) is 32.0.